The van der Waals surface area contributed by atoms with Crippen LogP contribution in [0.25, 0.3) is 16.4 Å². The minimum absolute atomic E-state index is 0.167. The van der Waals surface area contributed by atoms with E-state index < -0.39 is 0 Å². The van der Waals surface area contributed by atoms with Crippen LogP contribution in [-0.2, 0) is 6.54 Å². The third-order valence-electron chi connectivity index (χ3n) is 6.14. The number of carbonyl (C=O) groups excluding carboxylic acids is 1. The molecule has 1 aliphatic rings. The van der Waals surface area contributed by atoms with Gasteiger partial charge in [0.15, 0.2) is 5.82 Å². The van der Waals surface area contributed by atoms with Crippen molar-refractivity contribution < 1.29 is 9.18 Å². The van der Waals surface area contributed by atoms with E-state index in [-0.39, 0.29) is 17.5 Å². The van der Waals surface area contributed by atoms with Crippen LogP contribution in [0.2, 0.25) is 0 Å². The fourth-order valence-electron chi connectivity index (χ4n) is 4.23. The summed E-state index contributed by atoms with van der Waals surface area (Å²) in [6.45, 7) is 6.06. The second kappa shape index (κ2) is 9.87. The van der Waals surface area contributed by atoms with Crippen molar-refractivity contribution in [2.45, 2.75) is 19.9 Å². The normalized spacial score (nSPS) is 14.8. The first kappa shape index (κ1) is 22.4. The summed E-state index contributed by atoms with van der Waals surface area (Å²) >= 11 is 1.53. The molecule has 6 nitrogen and oxygen atoms in total. The molecular weight excluding hydrogens is 449 g/mol. The highest BCUT2D eigenvalue weighted by molar-refractivity contribution is 7.13. The molecule has 3 heterocycles. The minimum atomic E-state index is -0.322. The zero-order valence-corrected chi connectivity index (χ0v) is 19.8. The average molecular weight is 476 g/mol. The van der Waals surface area contributed by atoms with E-state index in [4.69, 9.17) is 0 Å². The Hall–Kier alpha value is -3.36. The summed E-state index contributed by atoms with van der Waals surface area (Å²) in [5.74, 6) is 0.259. The number of carbonyl (C=O) groups is 1. The van der Waals surface area contributed by atoms with E-state index >= 15 is 0 Å². The summed E-state index contributed by atoms with van der Waals surface area (Å²) in [6.07, 6.45) is 0.897. The van der Waals surface area contributed by atoms with Crippen molar-refractivity contribution in [1.29, 1.82) is 0 Å². The maximum Gasteiger partial charge on any atom is 0.293 e. The summed E-state index contributed by atoms with van der Waals surface area (Å²) in [5.41, 5.74) is 3.27. The molecule has 0 bridgehead atoms. The number of hydrogen-bond donors (Lipinski definition) is 0. The Bertz CT molecular complexity index is 1270. The minimum Gasteiger partial charge on any atom is -0.335 e. The highest BCUT2D eigenvalue weighted by atomic mass is 32.1. The van der Waals surface area contributed by atoms with Gasteiger partial charge in [-0.05, 0) is 60.2 Å². The lowest BCUT2D eigenvalue weighted by Gasteiger charge is -2.22. The number of aromatic nitrogens is 3. The Kier molecular flexibility index (Phi) is 6.51. The standard InChI is InChI=1S/C26H26FN5OS/c1-19-6-2-3-7-20(19)18-30-13-5-14-31(16-15-30)26(33)24-28-25(23-8-4-17-34-23)32(29-24)22-11-9-21(27)10-12-22/h2-4,6-12,17H,5,13-16,18H2,1H3. The van der Waals surface area contributed by atoms with E-state index in [9.17, 15) is 9.18 Å². The van der Waals surface area contributed by atoms with E-state index in [1.54, 1.807) is 16.8 Å². The molecule has 0 radical (unpaired) electrons. The van der Waals surface area contributed by atoms with E-state index in [1.165, 1.54) is 34.6 Å². The number of rotatable bonds is 5. The molecule has 174 valence electrons. The SMILES string of the molecule is Cc1ccccc1CN1CCCN(C(=O)c2nc(-c3cccs3)n(-c3ccc(F)cc3)n2)CC1. The van der Waals surface area contributed by atoms with E-state index in [0.717, 1.165) is 30.9 Å². The van der Waals surface area contributed by atoms with Crippen molar-refractivity contribution in [2.75, 3.05) is 26.2 Å². The van der Waals surface area contributed by atoms with Crippen LogP contribution in [0.1, 0.15) is 28.2 Å². The molecule has 34 heavy (non-hydrogen) atoms. The Labute approximate surface area is 202 Å². The molecular formula is C26H26FN5OS. The average Bonchev–Trinajstić information content (AvgIpc) is 3.47. The topological polar surface area (TPSA) is 54.3 Å². The summed E-state index contributed by atoms with van der Waals surface area (Å²) in [5, 5.41) is 6.51. The second-order valence-corrected chi connectivity index (χ2v) is 9.42. The van der Waals surface area contributed by atoms with Gasteiger partial charge < -0.3 is 4.90 Å². The van der Waals surface area contributed by atoms with E-state index in [0.29, 0.717) is 24.6 Å². The van der Waals surface area contributed by atoms with Gasteiger partial charge in [0.25, 0.3) is 5.91 Å². The molecule has 1 amide bonds. The first-order valence-corrected chi connectivity index (χ1v) is 12.3. The lowest BCUT2D eigenvalue weighted by molar-refractivity contribution is 0.0749. The summed E-state index contributed by atoms with van der Waals surface area (Å²) in [7, 11) is 0. The number of thiophene rings is 1. The molecule has 0 unspecified atom stereocenters. The van der Waals surface area contributed by atoms with Gasteiger partial charge in [-0.3, -0.25) is 9.69 Å². The predicted molar refractivity (Wildman–Crippen MR) is 132 cm³/mol. The van der Waals surface area contributed by atoms with Gasteiger partial charge in [0.2, 0.25) is 5.82 Å². The van der Waals surface area contributed by atoms with E-state index in [1.807, 2.05) is 22.4 Å². The highest BCUT2D eigenvalue weighted by Crippen LogP contribution is 2.26. The summed E-state index contributed by atoms with van der Waals surface area (Å²) in [4.78, 5) is 23.2. The maximum absolute atomic E-state index is 13.5. The van der Waals surface area contributed by atoms with Crippen LogP contribution in [0.5, 0.6) is 0 Å². The van der Waals surface area contributed by atoms with Crippen molar-refractivity contribution in [3.63, 3.8) is 0 Å². The zero-order chi connectivity index (χ0) is 23.5. The Balaban J connectivity index is 1.35. The van der Waals surface area contributed by atoms with Gasteiger partial charge in [0.05, 0.1) is 10.6 Å². The van der Waals surface area contributed by atoms with Gasteiger partial charge in [-0.1, -0.05) is 30.3 Å². The number of amides is 1. The molecule has 0 N–H and O–H groups in total. The summed E-state index contributed by atoms with van der Waals surface area (Å²) < 4.78 is 15.1. The molecule has 2 aromatic carbocycles. The monoisotopic (exact) mass is 475 g/mol. The molecule has 5 rings (SSSR count). The third kappa shape index (κ3) is 4.78. The Morgan fingerprint density at radius 1 is 1.00 bits per heavy atom. The predicted octanol–water partition coefficient (Wildman–Crippen LogP) is 4.79. The van der Waals surface area contributed by atoms with Crippen LogP contribution < -0.4 is 0 Å². The van der Waals surface area contributed by atoms with Gasteiger partial charge in [0, 0.05) is 32.7 Å². The number of hydrogen-bond acceptors (Lipinski definition) is 5. The quantitative estimate of drug-likeness (QED) is 0.416. The van der Waals surface area contributed by atoms with Gasteiger partial charge >= 0.3 is 0 Å². The number of nitrogens with zero attached hydrogens (tertiary/aromatic N) is 5. The molecule has 0 saturated carbocycles. The Morgan fingerprint density at radius 2 is 1.82 bits per heavy atom. The fraction of sp³-hybridized carbons (Fsp3) is 0.269. The highest BCUT2D eigenvalue weighted by Gasteiger charge is 2.26. The molecule has 1 fully saturated rings. The lowest BCUT2D eigenvalue weighted by Crippen LogP contribution is -2.35. The second-order valence-electron chi connectivity index (χ2n) is 8.47. The third-order valence-corrected chi connectivity index (χ3v) is 7.01. The van der Waals surface area contributed by atoms with Crippen molar-refractivity contribution in [3.8, 4) is 16.4 Å². The van der Waals surface area contributed by atoms with Gasteiger partial charge in [-0.25, -0.2) is 14.1 Å². The smallest absolute Gasteiger partial charge is 0.293 e. The molecule has 1 aliphatic heterocycles. The molecule has 0 aliphatic carbocycles. The molecule has 0 atom stereocenters. The number of aryl methyl sites for hydroxylation is 1. The molecule has 8 heteroatoms. The van der Waals surface area contributed by atoms with Crippen LogP contribution in [0.15, 0.2) is 66.0 Å². The number of benzene rings is 2. The first-order chi connectivity index (χ1) is 16.6. The van der Waals surface area contributed by atoms with E-state index in [2.05, 4.69) is 46.2 Å². The molecule has 0 spiro atoms. The van der Waals surface area contributed by atoms with Crippen molar-refractivity contribution in [3.05, 3.63) is 88.8 Å². The van der Waals surface area contributed by atoms with Crippen molar-refractivity contribution in [2.24, 2.45) is 0 Å². The molecule has 1 saturated heterocycles. The van der Waals surface area contributed by atoms with Crippen molar-refractivity contribution in [1.82, 2.24) is 24.6 Å². The Morgan fingerprint density at radius 3 is 2.59 bits per heavy atom. The largest absolute Gasteiger partial charge is 0.335 e. The van der Waals surface area contributed by atoms with Crippen LogP contribution in [0.4, 0.5) is 4.39 Å². The number of halogens is 1. The van der Waals surface area contributed by atoms with Crippen LogP contribution >= 0.6 is 11.3 Å². The molecule has 4 aromatic rings. The first-order valence-electron chi connectivity index (χ1n) is 11.4. The van der Waals surface area contributed by atoms with Crippen LogP contribution in [0.3, 0.4) is 0 Å². The lowest BCUT2D eigenvalue weighted by atomic mass is 10.1. The van der Waals surface area contributed by atoms with Crippen LogP contribution in [-0.4, -0.2) is 56.7 Å². The fourth-order valence-corrected chi connectivity index (χ4v) is 4.93. The molecule has 2 aromatic heterocycles. The van der Waals surface area contributed by atoms with Crippen molar-refractivity contribution >= 4 is 17.2 Å². The zero-order valence-electron chi connectivity index (χ0n) is 19.0. The van der Waals surface area contributed by atoms with Gasteiger partial charge in [-0.15, -0.1) is 16.4 Å². The van der Waals surface area contributed by atoms with Gasteiger partial charge in [-0.2, -0.15) is 0 Å². The maximum atomic E-state index is 13.5. The van der Waals surface area contributed by atoms with Gasteiger partial charge in [0.1, 0.15) is 5.82 Å². The summed E-state index contributed by atoms with van der Waals surface area (Å²) in [6, 6.07) is 18.4. The van der Waals surface area contributed by atoms with Crippen LogP contribution in [0, 0.1) is 12.7 Å².